The van der Waals surface area contributed by atoms with Crippen LogP contribution < -0.4 is 16.0 Å². The zero-order valence-corrected chi connectivity index (χ0v) is 17.7. The molecule has 4 rings (SSSR count). The Labute approximate surface area is 185 Å². The van der Waals surface area contributed by atoms with Gasteiger partial charge in [-0.15, -0.1) is 0 Å². The minimum Gasteiger partial charge on any atom is -0.395 e. The average Bonchev–Trinajstić information content (AvgIpc) is 2.82. The third-order valence-electron chi connectivity index (χ3n) is 4.81. The van der Waals surface area contributed by atoms with Crippen LogP contribution in [0.25, 0.3) is 11.0 Å². The molecule has 0 radical (unpaired) electrons. The second kappa shape index (κ2) is 9.84. The highest BCUT2D eigenvalue weighted by Gasteiger charge is 2.11. The maximum atomic E-state index is 11.5. The number of anilines is 4. The molecule has 0 aliphatic rings. The number of fused-ring (bicyclic) bond motifs is 1. The van der Waals surface area contributed by atoms with Gasteiger partial charge in [-0.3, -0.25) is 4.79 Å². The van der Waals surface area contributed by atoms with E-state index in [1.54, 1.807) is 25.3 Å². The lowest BCUT2D eigenvalue weighted by Crippen LogP contribution is -2.11. The Hall–Kier alpha value is -4.04. The van der Waals surface area contributed by atoms with Gasteiger partial charge in [0.05, 0.1) is 24.0 Å². The van der Waals surface area contributed by atoms with Gasteiger partial charge >= 0.3 is 0 Å². The Kier molecular flexibility index (Phi) is 6.52. The van der Waals surface area contributed by atoms with Crippen LogP contribution in [-0.2, 0) is 6.54 Å². The van der Waals surface area contributed by atoms with Crippen molar-refractivity contribution in [1.82, 2.24) is 15.0 Å². The number of pyridine rings is 1. The van der Waals surface area contributed by atoms with Crippen LogP contribution in [0.3, 0.4) is 0 Å². The summed E-state index contributed by atoms with van der Waals surface area (Å²) in [5.74, 6) is 1.04. The quantitative estimate of drug-likeness (QED) is 0.296. The monoisotopic (exact) mass is 428 g/mol. The third kappa shape index (κ3) is 5.16. The van der Waals surface area contributed by atoms with Gasteiger partial charge in [0.2, 0.25) is 5.95 Å². The molecule has 0 aliphatic heterocycles. The van der Waals surface area contributed by atoms with Gasteiger partial charge in [-0.05, 0) is 42.8 Å². The zero-order valence-electron chi connectivity index (χ0n) is 17.7. The second-order valence-corrected chi connectivity index (χ2v) is 7.24. The number of benzene rings is 2. The molecule has 0 fully saturated rings. The third-order valence-corrected chi connectivity index (χ3v) is 4.81. The molecule has 4 N–H and O–H groups in total. The Balaban J connectivity index is 1.62. The van der Waals surface area contributed by atoms with E-state index in [1.807, 2.05) is 48.5 Å². The first-order valence-corrected chi connectivity index (χ1v) is 10.3. The molecule has 0 atom stereocenters. The summed E-state index contributed by atoms with van der Waals surface area (Å²) in [4.78, 5) is 25.1. The molecule has 8 nitrogen and oxygen atoms in total. The summed E-state index contributed by atoms with van der Waals surface area (Å²) < 4.78 is 0. The van der Waals surface area contributed by atoms with Crippen LogP contribution in [0.4, 0.5) is 23.1 Å². The maximum absolute atomic E-state index is 11.5. The number of carbonyl (C=O) groups excluding carboxylic acids is 1. The molecular formula is C24H24N6O2. The molecule has 0 aliphatic carbocycles. The smallest absolute Gasteiger partial charge is 0.225 e. The topological polar surface area (TPSA) is 112 Å². The predicted octanol–water partition coefficient (Wildman–Crippen LogP) is 3.99. The number of hydrogen-bond acceptors (Lipinski definition) is 8. The average molecular weight is 428 g/mol. The van der Waals surface area contributed by atoms with Crippen molar-refractivity contribution in [3.63, 3.8) is 0 Å². The molecule has 2 aromatic carbocycles. The fourth-order valence-electron chi connectivity index (χ4n) is 3.19. The summed E-state index contributed by atoms with van der Waals surface area (Å²) in [6.45, 7) is 2.46. The standard InChI is InChI=1S/C24H24N6O2/c1-16(32)18-7-9-19(10-8-18)28-20-13-21-22(26-15-20)23(30-24(29-21)25-11-12-31)27-14-17-5-3-2-4-6-17/h2-10,13,15,28,31H,11-12,14H2,1H3,(H2,25,27,29,30). The van der Waals surface area contributed by atoms with Gasteiger partial charge in [-0.25, -0.2) is 9.97 Å². The Morgan fingerprint density at radius 1 is 0.969 bits per heavy atom. The van der Waals surface area contributed by atoms with Crippen molar-refractivity contribution in [2.24, 2.45) is 0 Å². The Morgan fingerprint density at radius 2 is 1.75 bits per heavy atom. The lowest BCUT2D eigenvalue weighted by molar-refractivity contribution is 0.101. The number of rotatable bonds is 9. The van der Waals surface area contributed by atoms with Gasteiger partial charge < -0.3 is 21.1 Å². The Bertz CT molecular complexity index is 1210. The van der Waals surface area contributed by atoms with Crippen LogP contribution in [-0.4, -0.2) is 39.0 Å². The zero-order chi connectivity index (χ0) is 22.3. The van der Waals surface area contributed by atoms with E-state index in [0.717, 1.165) is 16.9 Å². The van der Waals surface area contributed by atoms with Gasteiger partial charge in [-0.1, -0.05) is 30.3 Å². The molecule has 32 heavy (non-hydrogen) atoms. The van der Waals surface area contributed by atoms with Crippen molar-refractivity contribution in [1.29, 1.82) is 0 Å². The van der Waals surface area contributed by atoms with Crippen LogP contribution in [0.15, 0.2) is 66.9 Å². The van der Waals surface area contributed by atoms with Crippen LogP contribution in [0, 0.1) is 0 Å². The number of aliphatic hydroxyl groups excluding tert-OH is 1. The molecule has 0 bridgehead atoms. The number of ketones is 1. The number of Topliss-reactive ketones (excluding diaryl/α,β-unsaturated/α-hetero) is 1. The summed E-state index contributed by atoms with van der Waals surface area (Å²) in [5.41, 5.74) is 4.68. The van der Waals surface area contributed by atoms with Gasteiger partial charge in [0.1, 0.15) is 5.52 Å². The minimum absolute atomic E-state index is 0.0235. The summed E-state index contributed by atoms with van der Waals surface area (Å²) in [6.07, 6.45) is 1.72. The van der Waals surface area contributed by atoms with E-state index in [0.29, 0.717) is 41.5 Å². The first-order valence-electron chi connectivity index (χ1n) is 10.3. The van der Waals surface area contributed by atoms with E-state index in [-0.39, 0.29) is 12.4 Å². The summed E-state index contributed by atoms with van der Waals surface area (Å²) in [5, 5.41) is 18.8. The molecule has 0 unspecified atom stereocenters. The molecule has 0 amide bonds. The number of aromatic nitrogens is 3. The van der Waals surface area contributed by atoms with Crippen molar-refractivity contribution in [3.8, 4) is 0 Å². The van der Waals surface area contributed by atoms with E-state index in [1.165, 1.54) is 0 Å². The molecule has 162 valence electrons. The van der Waals surface area contributed by atoms with Gasteiger partial charge in [0.15, 0.2) is 11.6 Å². The molecule has 4 aromatic rings. The van der Waals surface area contributed by atoms with E-state index in [2.05, 4.69) is 30.9 Å². The first-order chi connectivity index (χ1) is 15.6. The number of nitrogens with one attached hydrogen (secondary N) is 3. The van der Waals surface area contributed by atoms with Crippen molar-refractivity contribution in [2.75, 3.05) is 29.1 Å². The lowest BCUT2D eigenvalue weighted by Gasteiger charge is -2.13. The number of aliphatic hydroxyl groups is 1. The van der Waals surface area contributed by atoms with Crippen molar-refractivity contribution in [2.45, 2.75) is 13.5 Å². The van der Waals surface area contributed by atoms with Crippen molar-refractivity contribution in [3.05, 3.63) is 78.0 Å². The summed E-state index contributed by atoms with van der Waals surface area (Å²) >= 11 is 0. The molecular weight excluding hydrogens is 404 g/mol. The SMILES string of the molecule is CC(=O)c1ccc(Nc2cnc3c(NCc4ccccc4)nc(NCCO)nc3c2)cc1. The number of nitrogens with zero attached hydrogens (tertiary/aromatic N) is 3. The molecule has 0 spiro atoms. The molecule has 2 heterocycles. The first kappa shape index (κ1) is 21.2. The van der Waals surface area contributed by atoms with Crippen molar-refractivity contribution < 1.29 is 9.90 Å². The fourth-order valence-corrected chi connectivity index (χ4v) is 3.19. The maximum Gasteiger partial charge on any atom is 0.225 e. The van der Waals surface area contributed by atoms with Crippen LogP contribution in [0.5, 0.6) is 0 Å². The molecule has 0 saturated carbocycles. The summed E-state index contributed by atoms with van der Waals surface area (Å²) in [7, 11) is 0. The minimum atomic E-state index is -0.0235. The lowest BCUT2D eigenvalue weighted by atomic mass is 10.1. The van der Waals surface area contributed by atoms with Crippen LogP contribution in [0.1, 0.15) is 22.8 Å². The highest BCUT2D eigenvalue weighted by atomic mass is 16.3. The molecule has 8 heteroatoms. The highest BCUT2D eigenvalue weighted by molar-refractivity contribution is 5.94. The van der Waals surface area contributed by atoms with E-state index in [9.17, 15) is 4.79 Å². The highest BCUT2D eigenvalue weighted by Crippen LogP contribution is 2.25. The normalized spacial score (nSPS) is 10.7. The van der Waals surface area contributed by atoms with E-state index < -0.39 is 0 Å². The van der Waals surface area contributed by atoms with Gasteiger partial charge in [0, 0.05) is 24.3 Å². The second-order valence-electron chi connectivity index (χ2n) is 7.24. The van der Waals surface area contributed by atoms with E-state index in [4.69, 9.17) is 5.11 Å². The van der Waals surface area contributed by atoms with Crippen molar-refractivity contribution >= 4 is 40.0 Å². The van der Waals surface area contributed by atoms with Gasteiger partial charge in [-0.2, -0.15) is 4.98 Å². The fraction of sp³-hybridized carbons (Fsp3) is 0.167. The van der Waals surface area contributed by atoms with Gasteiger partial charge in [0.25, 0.3) is 0 Å². The van der Waals surface area contributed by atoms with E-state index >= 15 is 0 Å². The number of carbonyl (C=O) groups is 1. The Morgan fingerprint density at radius 3 is 2.47 bits per heavy atom. The molecule has 0 saturated heterocycles. The number of hydrogen-bond donors (Lipinski definition) is 4. The largest absolute Gasteiger partial charge is 0.395 e. The summed E-state index contributed by atoms with van der Waals surface area (Å²) in [6, 6.07) is 19.2. The predicted molar refractivity (Wildman–Crippen MR) is 126 cm³/mol. The van der Waals surface area contributed by atoms with Crippen LogP contribution >= 0.6 is 0 Å². The van der Waals surface area contributed by atoms with Crippen LogP contribution in [0.2, 0.25) is 0 Å². The molecule has 2 aromatic heterocycles.